The molecule has 1 saturated heterocycles. The normalized spacial score (nSPS) is 19.3. The van der Waals surface area contributed by atoms with Crippen LogP contribution in [0.2, 0.25) is 0 Å². The Morgan fingerprint density at radius 3 is 2.91 bits per heavy atom. The number of hydrogen-bond acceptors (Lipinski definition) is 4. The van der Waals surface area contributed by atoms with E-state index < -0.39 is 0 Å². The van der Waals surface area contributed by atoms with Crippen molar-refractivity contribution in [3.63, 3.8) is 0 Å². The highest BCUT2D eigenvalue weighted by atomic mass is 16.7. The van der Waals surface area contributed by atoms with Crippen LogP contribution in [0.5, 0.6) is 0 Å². The summed E-state index contributed by atoms with van der Waals surface area (Å²) in [7, 11) is 0. The molecule has 0 unspecified atom stereocenters. The average Bonchev–Trinajstić information content (AvgIpc) is 2.60. The van der Waals surface area contributed by atoms with E-state index in [4.69, 9.17) is 9.47 Å². The Morgan fingerprint density at radius 2 is 2.27 bits per heavy atom. The Hall–Kier alpha value is -0.940. The van der Waals surface area contributed by atoms with Crippen molar-refractivity contribution in [2.75, 3.05) is 13.2 Å². The Labute approximate surface area is 63.9 Å². The van der Waals surface area contributed by atoms with Crippen LogP contribution in [0.15, 0.2) is 12.7 Å². The standard InChI is InChI=1S/C6H9N3O2/c1-2-11-6(10-1)3-9-5-7-4-8-9/h4-6H,1-3H2. The number of nitrogens with zero attached hydrogens (tertiary/aromatic N) is 3. The zero-order valence-electron chi connectivity index (χ0n) is 6.01. The van der Waals surface area contributed by atoms with Gasteiger partial charge in [-0.15, -0.1) is 0 Å². The van der Waals surface area contributed by atoms with E-state index in [1.165, 1.54) is 6.33 Å². The summed E-state index contributed by atoms with van der Waals surface area (Å²) in [4.78, 5) is 3.80. The lowest BCUT2D eigenvalue weighted by Gasteiger charge is -2.06. The largest absolute Gasteiger partial charge is 0.348 e. The first-order valence-electron chi connectivity index (χ1n) is 3.51. The summed E-state index contributed by atoms with van der Waals surface area (Å²) in [5.74, 6) is 0. The van der Waals surface area contributed by atoms with Gasteiger partial charge in [-0.2, -0.15) is 5.10 Å². The van der Waals surface area contributed by atoms with E-state index in [1.807, 2.05) is 0 Å². The van der Waals surface area contributed by atoms with Gasteiger partial charge < -0.3 is 9.47 Å². The van der Waals surface area contributed by atoms with Gasteiger partial charge in [-0.25, -0.2) is 9.67 Å². The van der Waals surface area contributed by atoms with E-state index in [1.54, 1.807) is 11.0 Å². The summed E-state index contributed by atoms with van der Waals surface area (Å²) in [6.07, 6.45) is 3.00. The van der Waals surface area contributed by atoms with E-state index in [2.05, 4.69) is 10.1 Å². The molecule has 0 aliphatic carbocycles. The Morgan fingerprint density at radius 1 is 1.45 bits per heavy atom. The predicted octanol–water partition coefficient (Wildman–Crippen LogP) is -0.349. The lowest BCUT2D eigenvalue weighted by Crippen LogP contribution is -2.16. The fraction of sp³-hybridized carbons (Fsp3) is 0.667. The first-order chi connectivity index (χ1) is 5.45. The van der Waals surface area contributed by atoms with Crippen LogP contribution in [0.3, 0.4) is 0 Å². The molecule has 1 aromatic heterocycles. The summed E-state index contributed by atoms with van der Waals surface area (Å²) in [5, 5.41) is 3.93. The maximum absolute atomic E-state index is 5.22. The Kier molecular flexibility index (Phi) is 1.83. The van der Waals surface area contributed by atoms with Crippen molar-refractivity contribution >= 4 is 0 Å². The molecule has 1 aromatic rings. The van der Waals surface area contributed by atoms with Crippen molar-refractivity contribution in [2.45, 2.75) is 12.8 Å². The van der Waals surface area contributed by atoms with Crippen LogP contribution in [0.1, 0.15) is 0 Å². The monoisotopic (exact) mass is 155 g/mol. The minimum Gasteiger partial charge on any atom is -0.348 e. The van der Waals surface area contributed by atoms with Gasteiger partial charge in [0.15, 0.2) is 6.29 Å². The second-order valence-corrected chi connectivity index (χ2v) is 2.29. The van der Waals surface area contributed by atoms with Crippen LogP contribution in [0, 0.1) is 0 Å². The zero-order valence-corrected chi connectivity index (χ0v) is 6.01. The van der Waals surface area contributed by atoms with Crippen LogP contribution >= 0.6 is 0 Å². The molecule has 0 N–H and O–H groups in total. The molecule has 1 aliphatic heterocycles. The highest BCUT2D eigenvalue weighted by molar-refractivity contribution is 4.59. The summed E-state index contributed by atoms with van der Waals surface area (Å²) in [6.45, 7) is 1.98. The molecule has 1 aliphatic rings. The van der Waals surface area contributed by atoms with Crippen molar-refractivity contribution in [3.8, 4) is 0 Å². The predicted molar refractivity (Wildman–Crippen MR) is 35.7 cm³/mol. The average molecular weight is 155 g/mol. The molecule has 0 aromatic carbocycles. The van der Waals surface area contributed by atoms with Crippen LogP contribution in [0.4, 0.5) is 0 Å². The number of ether oxygens (including phenoxy) is 2. The molecule has 0 bridgehead atoms. The van der Waals surface area contributed by atoms with Gasteiger partial charge >= 0.3 is 0 Å². The fourth-order valence-corrected chi connectivity index (χ4v) is 0.992. The summed E-state index contributed by atoms with van der Waals surface area (Å²) < 4.78 is 12.1. The van der Waals surface area contributed by atoms with Crippen LogP contribution in [0.25, 0.3) is 0 Å². The molecule has 0 saturated carbocycles. The van der Waals surface area contributed by atoms with Gasteiger partial charge in [0.2, 0.25) is 0 Å². The summed E-state index contributed by atoms with van der Waals surface area (Å²) in [6, 6.07) is 0. The molecular formula is C6H9N3O2. The van der Waals surface area contributed by atoms with Crippen molar-refractivity contribution in [1.82, 2.24) is 14.8 Å². The second-order valence-electron chi connectivity index (χ2n) is 2.29. The summed E-state index contributed by atoms with van der Waals surface area (Å²) >= 11 is 0. The smallest absolute Gasteiger partial charge is 0.177 e. The third-order valence-electron chi connectivity index (χ3n) is 1.49. The van der Waals surface area contributed by atoms with Gasteiger partial charge in [0, 0.05) is 0 Å². The van der Waals surface area contributed by atoms with Crippen molar-refractivity contribution in [3.05, 3.63) is 12.7 Å². The lowest BCUT2D eigenvalue weighted by molar-refractivity contribution is -0.0546. The minimum atomic E-state index is -0.142. The number of hydrogen-bond donors (Lipinski definition) is 0. The molecule has 1 fully saturated rings. The molecule has 0 radical (unpaired) electrons. The van der Waals surface area contributed by atoms with E-state index in [0.717, 1.165) is 0 Å². The van der Waals surface area contributed by atoms with E-state index >= 15 is 0 Å². The zero-order chi connectivity index (χ0) is 7.52. The van der Waals surface area contributed by atoms with Gasteiger partial charge in [-0.3, -0.25) is 0 Å². The van der Waals surface area contributed by atoms with E-state index in [0.29, 0.717) is 19.8 Å². The van der Waals surface area contributed by atoms with Crippen LogP contribution < -0.4 is 0 Å². The highest BCUT2D eigenvalue weighted by Gasteiger charge is 2.15. The topological polar surface area (TPSA) is 49.2 Å². The summed E-state index contributed by atoms with van der Waals surface area (Å²) in [5.41, 5.74) is 0. The third kappa shape index (κ3) is 1.55. The first-order valence-corrected chi connectivity index (χ1v) is 3.51. The third-order valence-corrected chi connectivity index (χ3v) is 1.49. The highest BCUT2D eigenvalue weighted by Crippen LogP contribution is 2.04. The maximum atomic E-state index is 5.22. The van der Waals surface area contributed by atoms with Crippen molar-refractivity contribution in [2.24, 2.45) is 0 Å². The van der Waals surface area contributed by atoms with Gasteiger partial charge in [0.1, 0.15) is 12.7 Å². The fourth-order valence-electron chi connectivity index (χ4n) is 0.992. The quantitative estimate of drug-likeness (QED) is 0.585. The van der Waals surface area contributed by atoms with E-state index in [9.17, 15) is 0 Å². The first kappa shape index (κ1) is 6.75. The van der Waals surface area contributed by atoms with E-state index in [-0.39, 0.29) is 6.29 Å². The van der Waals surface area contributed by atoms with Crippen LogP contribution in [-0.2, 0) is 16.0 Å². The van der Waals surface area contributed by atoms with Crippen LogP contribution in [-0.4, -0.2) is 34.3 Å². The number of aromatic nitrogens is 3. The number of rotatable bonds is 2. The van der Waals surface area contributed by atoms with Crippen molar-refractivity contribution < 1.29 is 9.47 Å². The molecule has 0 amide bonds. The van der Waals surface area contributed by atoms with Gasteiger partial charge in [-0.05, 0) is 0 Å². The SMILES string of the molecule is c1ncn(CC2OCCO2)n1. The molecule has 60 valence electrons. The van der Waals surface area contributed by atoms with Crippen molar-refractivity contribution in [1.29, 1.82) is 0 Å². The minimum absolute atomic E-state index is 0.142. The molecule has 2 rings (SSSR count). The maximum Gasteiger partial charge on any atom is 0.177 e. The van der Waals surface area contributed by atoms with Gasteiger partial charge in [0.25, 0.3) is 0 Å². The molecule has 2 heterocycles. The van der Waals surface area contributed by atoms with Gasteiger partial charge in [0.05, 0.1) is 19.8 Å². The Balaban J connectivity index is 1.90. The van der Waals surface area contributed by atoms with Gasteiger partial charge in [-0.1, -0.05) is 0 Å². The Bertz CT molecular complexity index is 206. The molecule has 11 heavy (non-hydrogen) atoms. The molecule has 0 spiro atoms. The molecule has 5 heteroatoms. The lowest BCUT2D eigenvalue weighted by atomic mass is 10.6. The molecule has 0 atom stereocenters. The second kappa shape index (κ2) is 2.98. The molecule has 5 nitrogen and oxygen atoms in total. The molecular weight excluding hydrogens is 146 g/mol.